The smallest absolute Gasteiger partial charge is 0.245 e. The molecule has 0 radical (unpaired) electrons. The van der Waals surface area contributed by atoms with Crippen molar-refractivity contribution in [2.45, 2.75) is 17.9 Å². The first-order valence-electron chi connectivity index (χ1n) is 9.76. The summed E-state index contributed by atoms with van der Waals surface area (Å²) in [6.07, 6.45) is 0.433. The van der Waals surface area contributed by atoms with Crippen molar-refractivity contribution in [3.63, 3.8) is 0 Å². The van der Waals surface area contributed by atoms with Crippen molar-refractivity contribution < 1.29 is 13.2 Å². The van der Waals surface area contributed by atoms with Crippen molar-refractivity contribution in [1.82, 2.24) is 9.62 Å². The second-order valence-electron chi connectivity index (χ2n) is 7.05. The van der Waals surface area contributed by atoms with E-state index in [0.29, 0.717) is 11.4 Å². The van der Waals surface area contributed by atoms with Crippen molar-refractivity contribution in [3.8, 4) is 0 Å². The van der Waals surface area contributed by atoms with Crippen LogP contribution in [0, 0.1) is 0 Å². The van der Waals surface area contributed by atoms with Crippen molar-refractivity contribution in [2.24, 2.45) is 0 Å². The lowest BCUT2D eigenvalue weighted by Crippen LogP contribution is -2.41. The SMILES string of the molecule is O=C(CN(CCc1ccccc1)S(=O)(=O)c1cc(Cl)ccc1Cl)NCc1ccc(Cl)cc1. The summed E-state index contributed by atoms with van der Waals surface area (Å²) >= 11 is 18.0. The maximum atomic E-state index is 13.4. The molecule has 9 heteroatoms. The van der Waals surface area contributed by atoms with Crippen LogP contribution in [0.15, 0.2) is 77.7 Å². The van der Waals surface area contributed by atoms with E-state index in [1.165, 1.54) is 18.2 Å². The zero-order valence-corrected chi connectivity index (χ0v) is 20.1. The van der Waals surface area contributed by atoms with Gasteiger partial charge in [0.25, 0.3) is 0 Å². The number of rotatable bonds is 9. The molecule has 0 aliphatic carbocycles. The quantitative estimate of drug-likeness (QED) is 0.429. The average Bonchev–Trinajstić information content (AvgIpc) is 2.78. The van der Waals surface area contributed by atoms with Crippen LogP contribution >= 0.6 is 34.8 Å². The second kappa shape index (κ2) is 11.2. The number of nitrogens with zero attached hydrogens (tertiary/aromatic N) is 1. The normalized spacial score (nSPS) is 11.5. The molecule has 0 aromatic heterocycles. The molecule has 0 fully saturated rings. The Balaban J connectivity index is 1.78. The highest BCUT2D eigenvalue weighted by Gasteiger charge is 2.28. The molecule has 1 amide bonds. The number of amides is 1. The van der Waals surface area contributed by atoms with E-state index in [4.69, 9.17) is 34.8 Å². The summed E-state index contributed by atoms with van der Waals surface area (Å²) in [6, 6.07) is 20.7. The van der Waals surface area contributed by atoms with Crippen molar-refractivity contribution in [3.05, 3.63) is 99.0 Å². The van der Waals surface area contributed by atoms with E-state index in [1.807, 2.05) is 30.3 Å². The summed E-state index contributed by atoms with van der Waals surface area (Å²) in [4.78, 5) is 12.5. The van der Waals surface area contributed by atoms with Gasteiger partial charge in [-0.15, -0.1) is 0 Å². The molecule has 0 atom stereocenters. The molecule has 0 saturated heterocycles. The van der Waals surface area contributed by atoms with Crippen LogP contribution in [0.5, 0.6) is 0 Å². The van der Waals surface area contributed by atoms with E-state index in [0.717, 1.165) is 15.4 Å². The molecule has 0 spiro atoms. The summed E-state index contributed by atoms with van der Waals surface area (Å²) in [5, 5.41) is 3.62. The molecule has 0 heterocycles. The molecule has 1 N–H and O–H groups in total. The third-order valence-corrected chi connectivity index (χ3v) is 7.54. The van der Waals surface area contributed by atoms with Crippen molar-refractivity contribution in [1.29, 1.82) is 0 Å². The number of hydrogen-bond acceptors (Lipinski definition) is 3. The Hall–Kier alpha value is -2.09. The van der Waals surface area contributed by atoms with Gasteiger partial charge in [0.15, 0.2) is 0 Å². The van der Waals surface area contributed by atoms with Gasteiger partial charge in [0.2, 0.25) is 15.9 Å². The lowest BCUT2D eigenvalue weighted by molar-refractivity contribution is -0.121. The van der Waals surface area contributed by atoms with Gasteiger partial charge in [-0.1, -0.05) is 77.3 Å². The van der Waals surface area contributed by atoms with Gasteiger partial charge in [-0.05, 0) is 47.9 Å². The number of hydrogen-bond donors (Lipinski definition) is 1. The predicted octanol–water partition coefficient (Wildman–Crippen LogP) is 5.20. The fraction of sp³-hybridized carbons (Fsp3) is 0.174. The van der Waals surface area contributed by atoms with Gasteiger partial charge in [-0.3, -0.25) is 4.79 Å². The fourth-order valence-electron chi connectivity index (χ4n) is 3.02. The van der Waals surface area contributed by atoms with E-state index in [9.17, 15) is 13.2 Å². The molecule has 0 aliphatic rings. The van der Waals surface area contributed by atoms with Crippen LogP contribution in [0.4, 0.5) is 0 Å². The van der Waals surface area contributed by atoms with Crippen molar-refractivity contribution >= 4 is 50.7 Å². The summed E-state index contributed by atoms with van der Waals surface area (Å²) in [5.41, 5.74) is 1.80. The van der Waals surface area contributed by atoms with E-state index in [-0.39, 0.29) is 34.6 Å². The van der Waals surface area contributed by atoms with E-state index in [1.54, 1.807) is 24.3 Å². The third kappa shape index (κ3) is 6.70. The van der Waals surface area contributed by atoms with Gasteiger partial charge in [-0.25, -0.2) is 8.42 Å². The first kappa shape index (κ1) is 24.6. The highest BCUT2D eigenvalue weighted by molar-refractivity contribution is 7.89. The summed E-state index contributed by atoms with van der Waals surface area (Å²) in [7, 11) is -4.07. The van der Waals surface area contributed by atoms with Crippen LogP contribution < -0.4 is 5.32 Å². The lowest BCUT2D eigenvalue weighted by Gasteiger charge is -2.22. The molecule has 5 nitrogen and oxygen atoms in total. The standard InChI is InChI=1S/C23H21Cl3N2O3S/c24-19-8-6-18(7-9-19)15-27-23(29)16-28(13-12-17-4-2-1-3-5-17)32(30,31)22-14-20(25)10-11-21(22)26/h1-11,14H,12-13,15-16H2,(H,27,29). The summed E-state index contributed by atoms with van der Waals surface area (Å²) in [6.45, 7) is -0.00432. The van der Waals surface area contributed by atoms with Gasteiger partial charge in [0, 0.05) is 23.1 Å². The van der Waals surface area contributed by atoms with Crippen LogP contribution in [-0.2, 0) is 27.8 Å². The van der Waals surface area contributed by atoms with Crippen LogP contribution in [-0.4, -0.2) is 31.7 Å². The molecule has 3 rings (SSSR count). The largest absolute Gasteiger partial charge is 0.351 e. The van der Waals surface area contributed by atoms with Gasteiger partial charge >= 0.3 is 0 Å². The minimum atomic E-state index is -4.07. The maximum absolute atomic E-state index is 13.4. The zero-order valence-electron chi connectivity index (χ0n) is 17.0. The monoisotopic (exact) mass is 510 g/mol. The number of benzene rings is 3. The predicted molar refractivity (Wildman–Crippen MR) is 129 cm³/mol. The Labute approximate surface area is 203 Å². The van der Waals surface area contributed by atoms with Crippen LogP contribution in [0.1, 0.15) is 11.1 Å². The number of carbonyl (C=O) groups excluding carboxylic acids is 1. The third-order valence-electron chi connectivity index (χ3n) is 4.73. The number of halogens is 3. The van der Waals surface area contributed by atoms with Crippen LogP contribution in [0.2, 0.25) is 15.1 Å². The summed E-state index contributed by atoms with van der Waals surface area (Å²) in [5.74, 6) is -0.435. The second-order valence-corrected chi connectivity index (χ2v) is 10.2. The summed E-state index contributed by atoms with van der Waals surface area (Å²) < 4.78 is 27.8. The molecule has 168 valence electrons. The average molecular weight is 512 g/mol. The Bertz CT molecular complexity index is 1170. The van der Waals surface area contributed by atoms with Crippen molar-refractivity contribution in [2.75, 3.05) is 13.1 Å². The van der Waals surface area contributed by atoms with Crippen LogP contribution in [0.3, 0.4) is 0 Å². The van der Waals surface area contributed by atoms with Gasteiger partial charge < -0.3 is 5.32 Å². The fourth-order valence-corrected chi connectivity index (χ4v) is 5.28. The lowest BCUT2D eigenvalue weighted by atomic mass is 10.1. The molecular weight excluding hydrogens is 491 g/mol. The Morgan fingerprint density at radius 3 is 2.19 bits per heavy atom. The number of nitrogens with one attached hydrogen (secondary N) is 1. The first-order valence-corrected chi connectivity index (χ1v) is 12.3. The minimum Gasteiger partial charge on any atom is -0.351 e. The molecule has 0 bridgehead atoms. The zero-order chi connectivity index (χ0) is 23.1. The Morgan fingerprint density at radius 2 is 1.50 bits per heavy atom. The van der Waals surface area contributed by atoms with Crippen LogP contribution in [0.25, 0.3) is 0 Å². The Kier molecular flexibility index (Phi) is 8.57. The molecule has 0 unspecified atom stereocenters. The van der Waals surface area contributed by atoms with E-state index >= 15 is 0 Å². The first-order chi connectivity index (χ1) is 15.3. The molecule has 0 aliphatic heterocycles. The minimum absolute atomic E-state index is 0.0423. The highest BCUT2D eigenvalue weighted by atomic mass is 35.5. The molecule has 3 aromatic rings. The maximum Gasteiger partial charge on any atom is 0.245 e. The van der Waals surface area contributed by atoms with E-state index in [2.05, 4.69) is 5.32 Å². The molecule has 3 aromatic carbocycles. The molecule has 32 heavy (non-hydrogen) atoms. The van der Waals surface area contributed by atoms with Gasteiger partial charge in [0.05, 0.1) is 11.6 Å². The number of sulfonamides is 1. The van der Waals surface area contributed by atoms with Gasteiger partial charge in [-0.2, -0.15) is 4.31 Å². The Morgan fingerprint density at radius 1 is 0.844 bits per heavy atom. The number of carbonyl (C=O) groups is 1. The topological polar surface area (TPSA) is 66.5 Å². The molecule has 0 saturated carbocycles. The molecular formula is C23H21Cl3N2O3S. The van der Waals surface area contributed by atoms with E-state index < -0.39 is 15.9 Å². The van der Waals surface area contributed by atoms with Gasteiger partial charge in [0.1, 0.15) is 4.90 Å². The highest BCUT2D eigenvalue weighted by Crippen LogP contribution is 2.28.